The van der Waals surface area contributed by atoms with Gasteiger partial charge in [0.2, 0.25) is 0 Å². The van der Waals surface area contributed by atoms with Gasteiger partial charge in [-0.1, -0.05) is 28.1 Å². The van der Waals surface area contributed by atoms with E-state index in [9.17, 15) is 0 Å². The van der Waals surface area contributed by atoms with E-state index in [4.69, 9.17) is 4.74 Å². The van der Waals surface area contributed by atoms with Gasteiger partial charge in [-0.3, -0.25) is 0 Å². The summed E-state index contributed by atoms with van der Waals surface area (Å²) < 4.78 is 6.73. The van der Waals surface area contributed by atoms with Crippen molar-refractivity contribution in [3.05, 3.63) is 40.4 Å². The third-order valence-corrected chi connectivity index (χ3v) is 4.44. The zero-order valence-electron chi connectivity index (χ0n) is 11.1. The highest BCUT2D eigenvalue weighted by Crippen LogP contribution is 2.38. The summed E-state index contributed by atoms with van der Waals surface area (Å²) in [4.78, 5) is 0. The summed E-state index contributed by atoms with van der Waals surface area (Å²) >= 11 is 3.55. The number of fused-ring (bicyclic) bond motifs is 1. The van der Waals surface area contributed by atoms with Gasteiger partial charge in [0.25, 0.3) is 0 Å². The summed E-state index contributed by atoms with van der Waals surface area (Å²) in [5.41, 5.74) is 1.38. The number of methoxy groups -OCH3 is 1. The Hall–Kier alpha value is -1.06. The van der Waals surface area contributed by atoms with Crippen LogP contribution in [0.3, 0.4) is 0 Å². The molecule has 1 fully saturated rings. The van der Waals surface area contributed by atoms with Crippen LogP contribution in [0.5, 0.6) is 5.75 Å². The summed E-state index contributed by atoms with van der Waals surface area (Å²) in [6.45, 7) is 2.20. The Morgan fingerprint density at radius 1 is 1.16 bits per heavy atom. The van der Waals surface area contributed by atoms with E-state index in [-0.39, 0.29) is 0 Å². The number of ether oxygens (including phenoxy) is 1. The molecule has 0 saturated carbocycles. The van der Waals surface area contributed by atoms with E-state index < -0.39 is 0 Å². The summed E-state index contributed by atoms with van der Waals surface area (Å²) in [6, 6.07) is 10.8. The molecule has 100 valence electrons. The van der Waals surface area contributed by atoms with Gasteiger partial charge in [-0.25, -0.2) is 0 Å². The van der Waals surface area contributed by atoms with Gasteiger partial charge < -0.3 is 10.1 Å². The van der Waals surface area contributed by atoms with Gasteiger partial charge in [0.15, 0.2) is 0 Å². The van der Waals surface area contributed by atoms with E-state index in [1.54, 1.807) is 7.11 Å². The Bertz CT molecular complexity index is 591. The first-order chi connectivity index (χ1) is 9.29. The smallest absolute Gasteiger partial charge is 0.122 e. The maximum Gasteiger partial charge on any atom is 0.122 e. The van der Waals surface area contributed by atoms with Gasteiger partial charge in [-0.2, -0.15) is 0 Å². The Kier molecular flexibility index (Phi) is 3.76. The number of nitrogens with one attached hydrogen (secondary N) is 1. The molecule has 0 amide bonds. The Balaban J connectivity index is 2.17. The van der Waals surface area contributed by atoms with Crippen LogP contribution in [0.25, 0.3) is 10.8 Å². The minimum absolute atomic E-state index is 0.598. The van der Waals surface area contributed by atoms with Crippen LogP contribution in [0.15, 0.2) is 34.8 Å². The number of halogens is 1. The van der Waals surface area contributed by atoms with Crippen molar-refractivity contribution in [1.29, 1.82) is 0 Å². The fourth-order valence-electron chi connectivity index (χ4n) is 3.01. The van der Waals surface area contributed by atoms with Crippen molar-refractivity contribution in [1.82, 2.24) is 5.32 Å². The van der Waals surface area contributed by atoms with E-state index >= 15 is 0 Å². The summed E-state index contributed by atoms with van der Waals surface area (Å²) in [5, 5.41) is 6.04. The third kappa shape index (κ3) is 2.49. The highest BCUT2D eigenvalue weighted by molar-refractivity contribution is 9.10. The van der Waals surface area contributed by atoms with E-state index in [2.05, 4.69) is 51.6 Å². The molecule has 0 spiro atoms. The van der Waals surface area contributed by atoms with Crippen LogP contribution < -0.4 is 10.1 Å². The lowest BCUT2D eigenvalue weighted by Crippen LogP contribution is -2.26. The molecule has 0 bridgehead atoms. The van der Waals surface area contributed by atoms with Gasteiger partial charge in [0.05, 0.1) is 7.11 Å². The topological polar surface area (TPSA) is 21.3 Å². The third-order valence-electron chi connectivity index (χ3n) is 3.95. The van der Waals surface area contributed by atoms with Crippen LogP contribution in [-0.2, 0) is 0 Å². The maximum absolute atomic E-state index is 5.60. The largest absolute Gasteiger partial charge is 0.496 e. The van der Waals surface area contributed by atoms with Crippen molar-refractivity contribution in [3.8, 4) is 5.75 Å². The molecular formula is C16H18BrNO. The molecule has 1 saturated heterocycles. The van der Waals surface area contributed by atoms with E-state index in [1.165, 1.54) is 29.2 Å². The molecule has 1 N–H and O–H groups in total. The number of piperidine rings is 1. The lowest BCUT2D eigenvalue weighted by Gasteiger charge is -2.26. The fourth-order valence-corrected chi connectivity index (χ4v) is 3.39. The molecule has 0 atom stereocenters. The lowest BCUT2D eigenvalue weighted by atomic mass is 9.86. The van der Waals surface area contributed by atoms with Crippen LogP contribution in [0.1, 0.15) is 24.3 Å². The van der Waals surface area contributed by atoms with Gasteiger partial charge in [0, 0.05) is 10.0 Å². The quantitative estimate of drug-likeness (QED) is 0.900. The Morgan fingerprint density at radius 3 is 2.68 bits per heavy atom. The molecule has 2 nitrogen and oxygen atoms in total. The predicted molar refractivity (Wildman–Crippen MR) is 83.0 cm³/mol. The highest BCUT2D eigenvalue weighted by Gasteiger charge is 2.21. The van der Waals surface area contributed by atoms with Crippen molar-refractivity contribution in [3.63, 3.8) is 0 Å². The second-order valence-electron chi connectivity index (χ2n) is 5.07. The number of hydrogen-bond donors (Lipinski definition) is 1. The molecule has 0 aromatic heterocycles. The number of hydrogen-bond acceptors (Lipinski definition) is 2. The van der Waals surface area contributed by atoms with Gasteiger partial charge in [-0.05, 0) is 60.8 Å². The molecule has 1 aliphatic rings. The monoisotopic (exact) mass is 319 g/mol. The molecule has 1 aliphatic heterocycles. The summed E-state index contributed by atoms with van der Waals surface area (Å²) in [7, 11) is 1.77. The van der Waals surface area contributed by atoms with E-state index in [0.29, 0.717) is 5.92 Å². The highest BCUT2D eigenvalue weighted by atomic mass is 79.9. The van der Waals surface area contributed by atoms with Crippen LogP contribution >= 0.6 is 15.9 Å². The standard InChI is InChI=1S/C16H18BrNO/c1-19-15-5-2-12-10-13(17)3-4-14(12)16(15)11-6-8-18-9-7-11/h2-5,10-11,18H,6-9H2,1H3. The SMILES string of the molecule is COc1ccc2cc(Br)ccc2c1C1CCNCC1. The number of rotatable bonds is 2. The molecule has 0 aliphatic carbocycles. The van der Waals surface area contributed by atoms with Crippen LogP contribution in [0.2, 0.25) is 0 Å². The average molecular weight is 320 g/mol. The Labute approximate surface area is 122 Å². The van der Waals surface area contributed by atoms with Gasteiger partial charge in [-0.15, -0.1) is 0 Å². The molecular weight excluding hydrogens is 302 g/mol. The molecule has 0 radical (unpaired) electrons. The zero-order chi connectivity index (χ0) is 13.2. The van der Waals surface area contributed by atoms with Crippen molar-refractivity contribution in [2.75, 3.05) is 20.2 Å². The van der Waals surface area contributed by atoms with E-state index in [0.717, 1.165) is 23.3 Å². The minimum Gasteiger partial charge on any atom is -0.496 e. The first-order valence-electron chi connectivity index (χ1n) is 6.76. The second-order valence-corrected chi connectivity index (χ2v) is 5.99. The first-order valence-corrected chi connectivity index (χ1v) is 7.56. The molecule has 3 heteroatoms. The molecule has 2 aromatic rings. The van der Waals surface area contributed by atoms with Gasteiger partial charge >= 0.3 is 0 Å². The first kappa shape index (κ1) is 12.9. The van der Waals surface area contributed by atoms with Crippen molar-refractivity contribution in [2.24, 2.45) is 0 Å². The van der Waals surface area contributed by atoms with E-state index in [1.807, 2.05) is 0 Å². The lowest BCUT2D eigenvalue weighted by molar-refractivity contribution is 0.393. The second kappa shape index (κ2) is 5.51. The van der Waals surface area contributed by atoms with Crippen molar-refractivity contribution < 1.29 is 4.74 Å². The normalized spacial score (nSPS) is 16.7. The van der Waals surface area contributed by atoms with Gasteiger partial charge in [0.1, 0.15) is 5.75 Å². The van der Waals surface area contributed by atoms with Crippen molar-refractivity contribution in [2.45, 2.75) is 18.8 Å². The maximum atomic E-state index is 5.60. The van der Waals surface area contributed by atoms with Crippen molar-refractivity contribution >= 4 is 26.7 Å². The zero-order valence-corrected chi connectivity index (χ0v) is 12.7. The molecule has 19 heavy (non-hydrogen) atoms. The van der Waals surface area contributed by atoms with Crippen LogP contribution in [0, 0.1) is 0 Å². The average Bonchev–Trinajstić information content (AvgIpc) is 2.46. The molecule has 2 aromatic carbocycles. The van der Waals surface area contributed by atoms with Crippen LogP contribution in [-0.4, -0.2) is 20.2 Å². The summed E-state index contributed by atoms with van der Waals surface area (Å²) in [5.74, 6) is 1.63. The predicted octanol–water partition coefficient (Wildman–Crippen LogP) is 4.08. The Morgan fingerprint density at radius 2 is 1.95 bits per heavy atom. The van der Waals surface area contributed by atoms with Crippen LogP contribution in [0.4, 0.5) is 0 Å². The minimum atomic E-state index is 0.598. The molecule has 3 rings (SSSR count). The summed E-state index contributed by atoms with van der Waals surface area (Å²) in [6.07, 6.45) is 2.37. The number of benzene rings is 2. The fraction of sp³-hybridized carbons (Fsp3) is 0.375. The molecule has 1 heterocycles. The molecule has 0 unspecified atom stereocenters.